The molecule has 1 aliphatic rings. The van der Waals surface area contributed by atoms with Crippen LogP contribution in [0.15, 0.2) is 70.0 Å². The van der Waals surface area contributed by atoms with Gasteiger partial charge < -0.3 is 10.1 Å². The van der Waals surface area contributed by atoms with E-state index in [2.05, 4.69) is 26.6 Å². The van der Waals surface area contributed by atoms with Crippen LogP contribution >= 0.6 is 28.1 Å². The number of rotatable bonds is 6. The molecule has 10 heteroatoms. The van der Waals surface area contributed by atoms with Crippen molar-refractivity contribution in [3.8, 4) is 5.75 Å². The molecule has 3 aromatic carbocycles. The lowest BCUT2D eigenvalue weighted by molar-refractivity contribution is -0.121. The Balaban J connectivity index is 1.30. The largest absolute Gasteiger partial charge is 0.483 e. The molecule has 4 rings (SSSR count). The number of nitrogens with one attached hydrogen (secondary N) is 2. The fourth-order valence-electron chi connectivity index (χ4n) is 3.93. The van der Waals surface area contributed by atoms with Crippen molar-refractivity contribution in [3.63, 3.8) is 0 Å². The first-order valence-corrected chi connectivity index (χ1v) is 14.0. The summed E-state index contributed by atoms with van der Waals surface area (Å²) in [6.07, 6.45) is 3.88. The van der Waals surface area contributed by atoms with Crippen molar-refractivity contribution in [2.45, 2.75) is 30.6 Å². The summed E-state index contributed by atoms with van der Waals surface area (Å²) in [6.45, 7) is 0.887. The maximum absolute atomic E-state index is 12.9. The molecule has 0 atom stereocenters. The van der Waals surface area contributed by atoms with E-state index in [0.29, 0.717) is 24.5 Å². The highest BCUT2D eigenvalue weighted by molar-refractivity contribution is 9.10. The number of ether oxygens (including phenoxy) is 1. The summed E-state index contributed by atoms with van der Waals surface area (Å²) in [6, 6.07) is 17.9. The molecular formula is C25H26BrN3O4S2. The van der Waals surface area contributed by atoms with Gasteiger partial charge in [-0.05, 0) is 82.1 Å². The molecule has 35 heavy (non-hydrogen) atoms. The highest BCUT2D eigenvalue weighted by atomic mass is 79.9. The van der Waals surface area contributed by atoms with Crippen LogP contribution in [0, 0.1) is 0 Å². The Bertz CT molecular complexity index is 1320. The van der Waals surface area contributed by atoms with E-state index in [9.17, 15) is 13.2 Å². The van der Waals surface area contributed by atoms with Crippen LogP contribution in [0.2, 0.25) is 0 Å². The van der Waals surface area contributed by atoms with Crippen LogP contribution in [-0.2, 0) is 14.8 Å². The van der Waals surface area contributed by atoms with Crippen molar-refractivity contribution < 1.29 is 17.9 Å². The Morgan fingerprint density at radius 1 is 0.971 bits per heavy atom. The van der Waals surface area contributed by atoms with Crippen molar-refractivity contribution in [1.29, 1.82) is 0 Å². The van der Waals surface area contributed by atoms with Crippen molar-refractivity contribution in [2.75, 3.05) is 25.0 Å². The van der Waals surface area contributed by atoms with Crippen LogP contribution in [0.5, 0.6) is 5.75 Å². The third-order valence-electron chi connectivity index (χ3n) is 5.75. The minimum absolute atomic E-state index is 0.0966. The average molecular weight is 577 g/mol. The summed E-state index contributed by atoms with van der Waals surface area (Å²) in [5, 5.41) is 7.62. The van der Waals surface area contributed by atoms with E-state index in [1.807, 2.05) is 30.3 Å². The quantitative estimate of drug-likeness (QED) is 0.399. The number of anilines is 1. The maximum atomic E-state index is 12.9. The SMILES string of the molecule is O=C(COc1ccc2ccccc2c1Br)NC(=S)Nc1ccc(S(=O)(=O)N2CCCCCC2)cc1. The van der Waals surface area contributed by atoms with Gasteiger partial charge in [0.25, 0.3) is 5.91 Å². The number of carbonyl (C=O) groups is 1. The van der Waals surface area contributed by atoms with Gasteiger partial charge in [-0.1, -0.05) is 43.2 Å². The molecule has 0 aliphatic carbocycles. The van der Waals surface area contributed by atoms with Crippen LogP contribution in [0.25, 0.3) is 10.8 Å². The summed E-state index contributed by atoms with van der Waals surface area (Å²) in [5.74, 6) is 0.141. The van der Waals surface area contributed by atoms with Gasteiger partial charge in [-0.25, -0.2) is 8.42 Å². The van der Waals surface area contributed by atoms with Gasteiger partial charge in [0.2, 0.25) is 10.0 Å². The molecule has 0 bridgehead atoms. The molecule has 2 N–H and O–H groups in total. The van der Waals surface area contributed by atoms with Gasteiger partial charge in [-0.3, -0.25) is 10.1 Å². The second-order valence-electron chi connectivity index (χ2n) is 8.23. The normalized spacial score (nSPS) is 14.8. The zero-order valence-corrected chi connectivity index (χ0v) is 22.2. The van der Waals surface area contributed by atoms with E-state index in [0.717, 1.165) is 40.9 Å². The van der Waals surface area contributed by atoms with Crippen LogP contribution in [-0.4, -0.2) is 43.4 Å². The van der Waals surface area contributed by atoms with E-state index < -0.39 is 15.9 Å². The summed E-state index contributed by atoms with van der Waals surface area (Å²) in [7, 11) is -3.52. The molecule has 1 heterocycles. The number of amides is 1. The lowest BCUT2D eigenvalue weighted by Crippen LogP contribution is -2.37. The third kappa shape index (κ3) is 6.38. The van der Waals surface area contributed by atoms with E-state index >= 15 is 0 Å². The third-order valence-corrected chi connectivity index (χ3v) is 8.69. The Labute approximate surface area is 219 Å². The summed E-state index contributed by atoms with van der Waals surface area (Å²) in [4.78, 5) is 12.6. The topological polar surface area (TPSA) is 87.7 Å². The monoisotopic (exact) mass is 575 g/mol. The summed E-state index contributed by atoms with van der Waals surface area (Å²) in [5.41, 5.74) is 0.573. The molecule has 0 spiro atoms. The second kappa shape index (κ2) is 11.5. The number of benzene rings is 3. The molecule has 184 valence electrons. The Kier molecular flexibility index (Phi) is 8.38. The van der Waals surface area contributed by atoms with E-state index in [-0.39, 0.29) is 16.6 Å². The molecule has 1 saturated heterocycles. The Morgan fingerprint density at radius 2 is 1.66 bits per heavy atom. The predicted molar refractivity (Wildman–Crippen MR) is 145 cm³/mol. The molecule has 7 nitrogen and oxygen atoms in total. The standard InChI is InChI=1S/C25H26BrN3O4S2/c26-24-21-8-4-3-7-18(21)9-14-22(24)33-17-23(30)28-25(34)27-19-10-12-20(13-11-19)35(31,32)29-15-5-1-2-6-16-29/h3-4,7-14H,1-2,5-6,15-17H2,(H2,27,28,30,34). The lowest BCUT2D eigenvalue weighted by Gasteiger charge is -2.20. The van der Waals surface area contributed by atoms with Crippen LogP contribution in [0.4, 0.5) is 5.69 Å². The van der Waals surface area contributed by atoms with Gasteiger partial charge >= 0.3 is 0 Å². The first-order chi connectivity index (χ1) is 16.8. The summed E-state index contributed by atoms with van der Waals surface area (Å²) < 4.78 is 33.8. The highest BCUT2D eigenvalue weighted by Crippen LogP contribution is 2.33. The average Bonchev–Trinajstić information content (AvgIpc) is 3.14. The van der Waals surface area contributed by atoms with Crippen molar-refractivity contribution in [3.05, 3.63) is 65.1 Å². The van der Waals surface area contributed by atoms with Gasteiger partial charge in [-0.15, -0.1) is 0 Å². The van der Waals surface area contributed by atoms with Gasteiger partial charge in [0.05, 0.1) is 9.37 Å². The number of halogens is 1. The number of hydrogen-bond acceptors (Lipinski definition) is 5. The number of hydrogen-bond donors (Lipinski definition) is 2. The van der Waals surface area contributed by atoms with E-state index in [1.54, 1.807) is 34.6 Å². The Morgan fingerprint density at radius 3 is 2.37 bits per heavy atom. The fraction of sp³-hybridized carbons (Fsp3) is 0.280. The predicted octanol–water partition coefficient (Wildman–Crippen LogP) is 5.06. The highest BCUT2D eigenvalue weighted by Gasteiger charge is 2.25. The molecule has 1 fully saturated rings. The molecular weight excluding hydrogens is 550 g/mol. The molecule has 1 aliphatic heterocycles. The van der Waals surface area contributed by atoms with Crippen molar-refractivity contribution >= 4 is 65.7 Å². The molecule has 3 aromatic rings. The first kappa shape index (κ1) is 25.6. The molecule has 0 unspecified atom stereocenters. The Hall–Kier alpha value is -2.53. The van der Waals surface area contributed by atoms with Gasteiger partial charge in [0, 0.05) is 18.8 Å². The fourth-order valence-corrected chi connectivity index (χ4v) is 6.29. The minimum atomic E-state index is -3.52. The first-order valence-electron chi connectivity index (χ1n) is 11.4. The van der Waals surface area contributed by atoms with Gasteiger partial charge in [0.15, 0.2) is 11.7 Å². The molecule has 0 saturated carbocycles. The number of carbonyl (C=O) groups excluding carboxylic acids is 1. The number of sulfonamides is 1. The number of fused-ring (bicyclic) bond motifs is 1. The molecule has 0 aromatic heterocycles. The zero-order valence-electron chi connectivity index (χ0n) is 19.0. The second-order valence-corrected chi connectivity index (χ2v) is 11.4. The number of thiocarbonyl (C=S) groups is 1. The minimum Gasteiger partial charge on any atom is -0.483 e. The smallest absolute Gasteiger partial charge is 0.264 e. The number of nitrogens with zero attached hydrogens (tertiary/aromatic N) is 1. The van der Waals surface area contributed by atoms with Crippen molar-refractivity contribution in [2.24, 2.45) is 0 Å². The van der Waals surface area contributed by atoms with Crippen LogP contribution in [0.1, 0.15) is 25.7 Å². The summed E-state index contributed by atoms with van der Waals surface area (Å²) >= 11 is 8.76. The van der Waals surface area contributed by atoms with Crippen LogP contribution in [0.3, 0.4) is 0 Å². The van der Waals surface area contributed by atoms with Gasteiger partial charge in [-0.2, -0.15) is 4.31 Å². The van der Waals surface area contributed by atoms with E-state index in [1.165, 1.54) is 0 Å². The van der Waals surface area contributed by atoms with E-state index in [4.69, 9.17) is 17.0 Å². The zero-order chi connectivity index (χ0) is 24.8. The maximum Gasteiger partial charge on any atom is 0.264 e. The lowest BCUT2D eigenvalue weighted by atomic mass is 10.1. The molecule has 1 amide bonds. The van der Waals surface area contributed by atoms with Crippen LogP contribution < -0.4 is 15.4 Å². The molecule has 0 radical (unpaired) electrons. The van der Waals surface area contributed by atoms with Gasteiger partial charge in [0.1, 0.15) is 5.75 Å². The van der Waals surface area contributed by atoms with Crippen molar-refractivity contribution in [1.82, 2.24) is 9.62 Å².